The molecule has 1 nitrogen and oxygen atoms in total. The van der Waals surface area contributed by atoms with Crippen LogP contribution < -0.4 is 24.8 Å². The van der Waals surface area contributed by atoms with Gasteiger partial charge in [-0.3, -0.25) is 0 Å². The van der Waals surface area contributed by atoms with Gasteiger partial charge in [0.05, 0.1) is 0 Å². The van der Waals surface area contributed by atoms with E-state index in [1.807, 2.05) is 0 Å². The van der Waals surface area contributed by atoms with E-state index in [1.165, 1.54) is 12.0 Å². The van der Waals surface area contributed by atoms with Gasteiger partial charge in [-0.05, 0) is 0 Å². The second kappa shape index (κ2) is 9.69. The molecule has 0 fully saturated rings. The quantitative estimate of drug-likeness (QED) is 0.513. The third-order valence-corrected chi connectivity index (χ3v) is 9.28. The summed E-state index contributed by atoms with van der Waals surface area (Å²) in [5, 5.41) is 0. The van der Waals surface area contributed by atoms with Gasteiger partial charge in [0.1, 0.15) is 0 Å². The predicted molar refractivity (Wildman–Crippen MR) is 92.9 cm³/mol. The van der Waals surface area contributed by atoms with Crippen LogP contribution in [0.1, 0.15) is 27.6 Å². The van der Waals surface area contributed by atoms with E-state index in [4.69, 9.17) is 4.43 Å². The number of fused-ring (bicyclic) bond motifs is 1. The number of hydrogen-bond acceptors (Lipinski definition) is 1. The zero-order valence-electron chi connectivity index (χ0n) is 14.5. The van der Waals surface area contributed by atoms with Crippen LogP contribution in [0, 0.1) is 0 Å². The molecule has 0 aromatic heterocycles. The van der Waals surface area contributed by atoms with Gasteiger partial charge in [0, 0.05) is 0 Å². The number of allylic oxidation sites excluding steroid dienone is 4. The van der Waals surface area contributed by atoms with Crippen molar-refractivity contribution in [2.45, 2.75) is 36.1 Å². The maximum atomic E-state index is 6.04. The van der Waals surface area contributed by atoms with Crippen LogP contribution in [0.25, 0.3) is 6.08 Å². The molecule has 0 heterocycles. The van der Waals surface area contributed by atoms with E-state index in [-0.39, 0.29) is 24.8 Å². The Hall–Kier alpha value is 0.0800. The van der Waals surface area contributed by atoms with Crippen LogP contribution in [-0.2, 0) is 27.7 Å². The van der Waals surface area contributed by atoms with Crippen molar-refractivity contribution in [3.8, 4) is 0 Å². The Morgan fingerprint density at radius 3 is 2.62 bits per heavy atom. The van der Waals surface area contributed by atoms with Crippen LogP contribution in [0.3, 0.4) is 0 Å². The molecule has 5 heteroatoms. The molecule has 0 N–H and O–H groups in total. The zero-order valence-corrected chi connectivity index (χ0v) is 19.5. The molecule has 0 aliphatic heterocycles. The van der Waals surface area contributed by atoms with E-state index < -0.39 is 31.6 Å². The SMILES string of the molecule is C[Si](C)(C)OCCC1=[C]([Zr+2][CH]2C=Cc3ccccc32)CC=C1.[Cl-].[Cl-]. The first-order valence-electron chi connectivity index (χ1n) is 8.09. The van der Waals surface area contributed by atoms with E-state index >= 15 is 0 Å². The Morgan fingerprint density at radius 1 is 1.12 bits per heavy atom. The minimum absolute atomic E-state index is 0. The number of benzene rings is 1. The van der Waals surface area contributed by atoms with Crippen molar-refractivity contribution < 1.29 is 52.5 Å². The number of hydrogen-bond donors (Lipinski definition) is 0. The number of halogens is 2. The molecule has 1 aromatic rings. The molecule has 0 amide bonds. The van der Waals surface area contributed by atoms with E-state index in [0.717, 1.165) is 16.7 Å². The third-order valence-electron chi connectivity index (χ3n) is 4.06. The summed E-state index contributed by atoms with van der Waals surface area (Å²) in [6.45, 7) is 7.70. The molecule has 0 radical (unpaired) electrons. The summed E-state index contributed by atoms with van der Waals surface area (Å²) in [4.78, 5) is 0. The van der Waals surface area contributed by atoms with Gasteiger partial charge >= 0.3 is 147 Å². The second-order valence-electron chi connectivity index (χ2n) is 6.93. The van der Waals surface area contributed by atoms with Crippen molar-refractivity contribution in [2.75, 3.05) is 6.61 Å². The Kier molecular flexibility index (Phi) is 8.93. The molecule has 1 aromatic carbocycles. The molecular formula is C19H24Cl2OSiZr. The van der Waals surface area contributed by atoms with Gasteiger partial charge in [-0.25, -0.2) is 0 Å². The molecule has 24 heavy (non-hydrogen) atoms. The average molecular weight is 459 g/mol. The normalized spacial score (nSPS) is 18.0. The van der Waals surface area contributed by atoms with E-state index in [2.05, 4.69) is 68.2 Å². The Balaban J connectivity index is 0.00000144. The van der Waals surface area contributed by atoms with Crippen LogP contribution in [0.15, 0.2) is 51.3 Å². The van der Waals surface area contributed by atoms with Crippen molar-refractivity contribution in [3.63, 3.8) is 0 Å². The van der Waals surface area contributed by atoms with Gasteiger partial charge < -0.3 is 24.8 Å². The van der Waals surface area contributed by atoms with Crippen molar-refractivity contribution in [1.82, 2.24) is 0 Å². The molecule has 128 valence electrons. The second-order valence-corrected chi connectivity index (χ2v) is 15.2. The zero-order chi connectivity index (χ0) is 15.6. The van der Waals surface area contributed by atoms with Crippen molar-refractivity contribution in [1.29, 1.82) is 0 Å². The predicted octanol–water partition coefficient (Wildman–Crippen LogP) is -0.699. The van der Waals surface area contributed by atoms with E-state index in [1.54, 1.807) is 14.4 Å². The van der Waals surface area contributed by atoms with Crippen molar-refractivity contribution in [2.24, 2.45) is 0 Å². The summed E-state index contributed by atoms with van der Waals surface area (Å²) in [5.41, 5.74) is 4.58. The fraction of sp³-hybridized carbons (Fsp3) is 0.368. The van der Waals surface area contributed by atoms with Crippen LogP contribution in [0.5, 0.6) is 0 Å². The van der Waals surface area contributed by atoms with Gasteiger partial charge in [-0.2, -0.15) is 0 Å². The summed E-state index contributed by atoms with van der Waals surface area (Å²) in [7, 11) is -1.38. The van der Waals surface area contributed by atoms with Gasteiger partial charge in [-0.15, -0.1) is 0 Å². The van der Waals surface area contributed by atoms with Crippen molar-refractivity contribution in [3.05, 3.63) is 62.5 Å². The average Bonchev–Trinajstić information content (AvgIpc) is 3.06. The van der Waals surface area contributed by atoms with Gasteiger partial charge in [0.15, 0.2) is 0 Å². The van der Waals surface area contributed by atoms with E-state index in [9.17, 15) is 0 Å². The molecule has 1 unspecified atom stereocenters. The molecule has 1 atom stereocenters. The minimum Gasteiger partial charge on any atom is -1.00 e. The maximum absolute atomic E-state index is 6.04. The molecule has 0 spiro atoms. The standard InChI is InChI=1S/C10H17OSi.C9H7.2ClH.Zr/c1-12(2,3)11-9-8-10-6-4-5-7-10;1-2-5-9-7-3-6-8(9)4-1;;;/h4,6H,5,8-9H2,1-3H3;1-7H;2*1H;/q;;;;+2/p-2. The number of rotatable bonds is 6. The first-order valence-corrected chi connectivity index (χ1v) is 14.1. The minimum atomic E-state index is -1.38. The summed E-state index contributed by atoms with van der Waals surface area (Å²) in [6, 6.07) is 8.89. The van der Waals surface area contributed by atoms with E-state index in [0.29, 0.717) is 0 Å². The smallest absolute Gasteiger partial charge is 1.00 e. The van der Waals surface area contributed by atoms with Crippen LogP contribution in [0.4, 0.5) is 0 Å². The van der Waals surface area contributed by atoms with Gasteiger partial charge in [0.25, 0.3) is 0 Å². The first-order chi connectivity index (χ1) is 10.5. The van der Waals surface area contributed by atoms with Crippen LogP contribution in [-0.4, -0.2) is 14.9 Å². The maximum Gasteiger partial charge on any atom is -1.00 e. The van der Waals surface area contributed by atoms with Crippen LogP contribution in [0.2, 0.25) is 19.6 Å². The summed E-state index contributed by atoms with van der Waals surface area (Å²) in [6.07, 6.45) is 11.8. The third kappa shape index (κ3) is 5.81. The first kappa shape index (κ1) is 22.1. The summed E-state index contributed by atoms with van der Waals surface area (Å²) < 4.78 is 8.54. The Labute approximate surface area is 171 Å². The van der Waals surface area contributed by atoms with Crippen molar-refractivity contribution >= 4 is 14.4 Å². The molecule has 0 saturated carbocycles. The van der Waals surface area contributed by atoms with Gasteiger partial charge in [0.2, 0.25) is 0 Å². The van der Waals surface area contributed by atoms with Crippen LogP contribution >= 0.6 is 0 Å². The topological polar surface area (TPSA) is 9.23 Å². The molecule has 2 aliphatic carbocycles. The largest absolute Gasteiger partial charge is 1.00 e. The fourth-order valence-corrected chi connectivity index (χ4v) is 7.65. The molecule has 2 aliphatic rings. The van der Waals surface area contributed by atoms with Gasteiger partial charge in [-0.1, -0.05) is 0 Å². The summed E-state index contributed by atoms with van der Waals surface area (Å²) >= 11 is -0.587. The monoisotopic (exact) mass is 456 g/mol. The summed E-state index contributed by atoms with van der Waals surface area (Å²) in [5.74, 6) is 0. The Morgan fingerprint density at radius 2 is 1.88 bits per heavy atom. The molecule has 3 rings (SSSR count). The molecular weight excluding hydrogens is 434 g/mol. The Bertz CT molecular complexity index is 647. The molecule has 0 bridgehead atoms. The fourth-order valence-electron chi connectivity index (χ4n) is 2.97. The molecule has 0 saturated heterocycles.